The zero-order valence-electron chi connectivity index (χ0n) is 11.3. The molecule has 1 N–H and O–H groups in total. The highest BCUT2D eigenvalue weighted by atomic mass is 19.1. The molecule has 98 valence electrons. The molecule has 0 spiro atoms. The van der Waals surface area contributed by atoms with E-state index in [1.807, 2.05) is 20.8 Å². The Morgan fingerprint density at radius 3 is 2.28 bits per heavy atom. The molecule has 2 nitrogen and oxygen atoms in total. The van der Waals surface area contributed by atoms with E-state index in [-0.39, 0.29) is 23.2 Å². The molecule has 1 aromatic carbocycles. The Morgan fingerprint density at radius 1 is 1.28 bits per heavy atom. The first-order chi connectivity index (χ1) is 8.34. The molecule has 1 atom stereocenters. The molecule has 0 saturated heterocycles. The summed E-state index contributed by atoms with van der Waals surface area (Å²) in [5.74, 6) is -0.409. The molecule has 1 aromatic rings. The summed E-state index contributed by atoms with van der Waals surface area (Å²) >= 11 is 0. The van der Waals surface area contributed by atoms with Crippen molar-refractivity contribution in [3.8, 4) is 0 Å². The average Bonchev–Trinajstić information content (AvgIpc) is 2.26. The van der Waals surface area contributed by atoms with Crippen LogP contribution in [0.15, 0.2) is 36.4 Å². The van der Waals surface area contributed by atoms with Gasteiger partial charge < -0.3 is 5.32 Å². The van der Waals surface area contributed by atoms with E-state index in [0.717, 1.165) is 5.56 Å². The van der Waals surface area contributed by atoms with Gasteiger partial charge in [-0.2, -0.15) is 0 Å². The van der Waals surface area contributed by atoms with Gasteiger partial charge in [0.1, 0.15) is 5.82 Å². The molecular formula is C15H20FNO. The van der Waals surface area contributed by atoms with Crippen LogP contribution in [0.2, 0.25) is 0 Å². The van der Waals surface area contributed by atoms with Crippen LogP contribution in [0.3, 0.4) is 0 Å². The normalized spacial score (nSPS) is 13.6. The van der Waals surface area contributed by atoms with Crippen molar-refractivity contribution in [1.29, 1.82) is 0 Å². The quantitative estimate of drug-likeness (QED) is 0.815. The van der Waals surface area contributed by atoms with Crippen molar-refractivity contribution in [3.05, 3.63) is 47.8 Å². The summed E-state index contributed by atoms with van der Waals surface area (Å²) in [5.41, 5.74) is 0.761. The van der Waals surface area contributed by atoms with E-state index in [9.17, 15) is 9.18 Å². The van der Waals surface area contributed by atoms with E-state index in [1.165, 1.54) is 18.2 Å². The van der Waals surface area contributed by atoms with Crippen molar-refractivity contribution in [2.24, 2.45) is 5.41 Å². The van der Waals surface area contributed by atoms with Gasteiger partial charge in [-0.05, 0) is 36.1 Å². The SMILES string of the molecule is CC=CC(=O)NC(c1ccc(F)cc1)C(C)(C)C. The monoisotopic (exact) mass is 249 g/mol. The average molecular weight is 249 g/mol. The number of benzene rings is 1. The molecule has 0 aliphatic carbocycles. The van der Waals surface area contributed by atoms with Crippen LogP contribution in [0, 0.1) is 11.2 Å². The molecule has 3 heteroatoms. The van der Waals surface area contributed by atoms with E-state index >= 15 is 0 Å². The summed E-state index contributed by atoms with van der Waals surface area (Å²) < 4.78 is 12.9. The van der Waals surface area contributed by atoms with Crippen molar-refractivity contribution < 1.29 is 9.18 Å². The molecular weight excluding hydrogens is 229 g/mol. The third-order valence-electron chi connectivity index (χ3n) is 2.67. The minimum Gasteiger partial charge on any atom is -0.345 e. The van der Waals surface area contributed by atoms with E-state index in [2.05, 4.69) is 5.32 Å². The first-order valence-electron chi connectivity index (χ1n) is 6.03. The van der Waals surface area contributed by atoms with Crippen LogP contribution in [0.4, 0.5) is 4.39 Å². The number of hydrogen-bond acceptors (Lipinski definition) is 1. The molecule has 1 amide bonds. The zero-order chi connectivity index (χ0) is 13.8. The van der Waals surface area contributed by atoms with Crippen molar-refractivity contribution in [1.82, 2.24) is 5.32 Å². The number of nitrogens with one attached hydrogen (secondary N) is 1. The van der Waals surface area contributed by atoms with E-state index in [1.54, 1.807) is 25.1 Å². The smallest absolute Gasteiger partial charge is 0.244 e. The van der Waals surface area contributed by atoms with Gasteiger partial charge in [-0.15, -0.1) is 0 Å². The molecule has 18 heavy (non-hydrogen) atoms. The maximum atomic E-state index is 12.9. The second kappa shape index (κ2) is 5.80. The fourth-order valence-corrected chi connectivity index (χ4v) is 1.80. The summed E-state index contributed by atoms with van der Waals surface area (Å²) in [6.07, 6.45) is 3.18. The third kappa shape index (κ3) is 3.99. The van der Waals surface area contributed by atoms with Gasteiger partial charge >= 0.3 is 0 Å². The van der Waals surface area contributed by atoms with E-state index < -0.39 is 0 Å². The van der Waals surface area contributed by atoms with E-state index in [0.29, 0.717) is 0 Å². The summed E-state index contributed by atoms with van der Waals surface area (Å²) in [6.45, 7) is 7.91. The topological polar surface area (TPSA) is 29.1 Å². The van der Waals surface area contributed by atoms with Crippen molar-refractivity contribution in [2.45, 2.75) is 33.7 Å². The Hall–Kier alpha value is -1.64. The summed E-state index contributed by atoms with van der Waals surface area (Å²) in [6, 6.07) is 6.09. The molecule has 0 aliphatic rings. The standard InChI is InChI=1S/C15H20FNO/c1-5-6-13(18)17-14(15(2,3)4)11-7-9-12(16)10-8-11/h5-10,14H,1-4H3,(H,17,18). The first-order valence-corrected chi connectivity index (χ1v) is 6.03. The molecule has 0 bridgehead atoms. The molecule has 1 unspecified atom stereocenters. The summed E-state index contributed by atoms with van der Waals surface area (Å²) in [5, 5.41) is 2.95. The number of carbonyl (C=O) groups excluding carboxylic acids is 1. The van der Waals surface area contributed by atoms with Crippen LogP contribution in [-0.4, -0.2) is 5.91 Å². The fraction of sp³-hybridized carbons (Fsp3) is 0.400. The second-order valence-electron chi connectivity index (χ2n) is 5.36. The van der Waals surface area contributed by atoms with Gasteiger partial charge in [0.15, 0.2) is 0 Å². The highest BCUT2D eigenvalue weighted by Crippen LogP contribution is 2.32. The predicted octanol–water partition coefficient (Wildman–Crippen LogP) is 3.61. The Bertz CT molecular complexity index is 429. The highest BCUT2D eigenvalue weighted by Gasteiger charge is 2.27. The van der Waals surface area contributed by atoms with Crippen LogP contribution in [0.5, 0.6) is 0 Å². The van der Waals surface area contributed by atoms with Gasteiger partial charge in [-0.25, -0.2) is 4.39 Å². The molecule has 0 fully saturated rings. The minimum absolute atomic E-state index is 0.137. The summed E-state index contributed by atoms with van der Waals surface area (Å²) in [4.78, 5) is 11.7. The maximum absolute atomic E-state index is 12.9. The van der Waals surface area contributed by atoms with Crippen molar-refractivity contribution in [2.75, 3.05) is 0 Å². The molecule has 0 aromatic heterocycles. The maximum Gasteiger partial charge on any atom is 0.244 e. The summed E-state index contributed by atoms with van der Waals surface area (Å²) in [7, 11) is 0. The lowest BCUT2D eigenvalue weighted by atomic mass is 9.82. The predicted molar refractivity (Wildman–Crippen MR) is 71.6 cm³/mol. The number of hydrogen-bond donors (Lipinski definition) is 1. The van der Waals surface area contributed by atoms with Gasteiger partial charge in [-0.1, -0.05) is 39.0 Å². The third-order valence-corrected chi connectivity index (χ3v) is 2.67. The number of carbonyl (C=O) groups is 1. The molecule has 0 heterocycles. The first kappa shape index (κ1) is 14.4. The van der Waals surface area contributed by atoms with Crippen molar-refractivity contribution >= 4 is 5.91 Å². The number of rotatable bonds is 3. The Kier molecular flexibility index (Phi) is 4.65. The van der Waals surface area contributed by atoms with Gasteiger partial charge in [0.25, 0.3) is 0 Å². The lowest BCUT2D eigenvalue weighted by Gasteiger charge is -2.31. The molecule has 1 rings (SSSR count). The van der Waals surface area contributed by atoms with Crippen LogP contribution >= 0.6 is 0 Å². The van der Waals surface area contributed by atoms with Gasteiger partial charge in [0.2, 0.25) is 5.91 Å². The fourth-order valence-electron chi connectivity index (χ4n) is 1.80. The van der Waals surface area contributed by atoms with Crippen molar-refractivity contribution in [3.63, 3.8) is 0 Å². The minimum atomic E-state index is -0.272. The lowest BCUT2D eigenvalue weighted by Crippen LogP contribution is -2.35. The Morgan fingerprint density at radius 2 is 1.83 bits per heavy atom. The number of amides is 1. The zero-order valence-corrected chi connectivity index (χ0v) is 11.3. The van der Waals surface area contributed by atoms with Crippen LogP contribution in [0.25, 0.3) is 0 Å². The molecule has 0 saturated carbocycles. The molecule has 0 radical (unpaired) electrons. The highest BCUT2D eigenvalue weighted by molar-refractivity contribution is 5.87. The van der Waals surface area contributed by atoms with Crippen LogP contribution < -0.4 is 5.32 Å². The molecule has 0 aliphatic heterocycles. The Labute approximate surface area is 108 Å². The van der Waals surface area contributed by atoms with Gasteiger partial charge in [-0.3, -0.25) is 4.79 Å². The number of halogens is 1. The largest absolute Gasteiger partial charge is 0.345 e. The van der Waals surface area contributed by atoms with E-state index in [4.69, 9.17) is 0 Å². The van der Waals surface area contributed by atoms with Gasteiger partial charge in [0.05, 0.1) is 6.04 Å². The Balaban J connectivity index is 2.99. The van der Waals surface area contributed by atoms with Gasteiger partial charge in [0, 0.05) is 0 Å². The van der Waals surface area contributed by atoms with Crippen LogP contribution in [0.1, 0.15) is 39.3 Å². The second-order valence-corrected chi connectivity index (χ2v) is 5.36. The lowest BCUT2D eigenvalue weighted by molar-refractivity contribution is -0.118. The number of allylic oxidation sites excluding steroid dienone is 1. The van der Waals surface area contributed by atoms with Crippen LogP contribution in [-0.2, 0) is 4.79 Å².